The fourth-order valence-corrected chi connectivity index (χ4v) is 3.80. The number of thiazole rings is 1. The van der Waals surface area contributed by atoms with Gasteiger partial charge < -0.3 is 15.8 Å². The van der Waals surface area contributed by atoms with E-state index in [4.69, 9.17) is 15.5 Å². The fraction of sp³-hybridized carbons (Fsp3) is 0.444. The molecule has 6 heteroatoms. The standard InChI is InChI=1S/C18H23N3O2S/c1-13-16(14-5-3-2-4-6-14)21-15(24-13)7-10-20-17(22)18(19)8-11-23-12-9-18/h2-6H,7-12,19H2,1H3,(H,20,22). The zero-order valence-corrected chi connectivity index (χ0v) is 14.7. The van der Waals surface area contributed by atoms with Gasteiger partial charge in [0.25, 0.3) is 0 Å². The maximum absolute atomic E-state index is 12.3. The maximum atomic E-state index is 12.3. The highest BCUT2D eigenvalue weighted by Gasteiger charge is 2.35. The zero-order valence-electron chi connectivity index (χ0n) is 13.9. The van der Waals surface area contributed by atoms with E-state index in [1.54, 1.807) is 11.3 Å². The minimum absolute atomic E-state index is 0.0811. The summed E-state index contributed by atoms with van der Waals surface area (Å²) in [6.45, 7) is 3.74. The van der Waals surface area contributed by atoms with Gasteiger partial charge in [0.05, 0.1) is 16.2 Å². The van der Waals surface area contributed by atoms with Gasteiger partial charge in [-0.05, 0) is 19.8 Å². The number of benzene rings is 1. The lowest BCUT2D eigenvalue weighted by Crippen LogP contribution is -2.57. The van der Waals surface area contributed by atoms with E-state index >= 15 is 0 Å². The number of carbonyl (C=O) groups is 1. The van der Waals surface area contributed by atoms with Crippen LogP contribution in [0, 0.1) is 6.92 Å². The first-order valence-electron chi connectivity index (χ1n) is 8.25. The molecule has 1 aliphatic heterocycles. The van der Waals surface area contributed by atoms with Crippen LogP contribution in [0.5, 0.6) is 0 Å². The largest absolute Gasteiger partial charge is 0.381 e. The van der Waals surface area contributed by atoms with Crippen molar-refractivity contribution in [1.82, 2.24) is 10.3 Å². The summed E-state index contributed by atoms with van der Waals surface area (Å²) in [5.41, 5.74) is 7.55. The molecule has 1 saturated heterocycles. The van der Waals surface area contributed by atoms with E-state index in [0.29, 0.717) is 32.6 Å². The first-order chi connectivity index (χ1) is 11.6. The molecule has 0 saturated carbocycles. The van der Waals surface area contributed by atoms with Crippen molar-refractivity contribution in [3.05, 3.63) is 40.2 Å². The van der Waals surface area contributed by atoms with Crippen molar-refractivity contribution >= 4 is 17.2 Å². The smallest absolute Gasteiger partial charge is 0.240 e. The number of nitrogens with one attached hydrogen (secondary N) is 1. The van der Waals surface area contributed by atoms with Crippen molar-refractivity contribution in [2.75, 3.05) is 19.8 Å². The predicted octanol–water partition coefficient (Wildman–Crippen LogP) is 2.29. The number of rotatable bonds is 5. The fourth-order valence-electron chi connectivity index (χ4n) is 2.84. The number of ether oxygens (including phenoxy) is 1. The van der Waals surface area contributed by atoms with Crippen LogP contribution in [0.4, 0.5) is 0 Å². The van der Waals surface area contributed by atoms with Gasteiger partial charge in [-0.15, -0.1) is 11.3 Å². The van der Waals surface area contributed by atoms with Crippen LogP contribution < -0.4 is 11.1 Å². The molecule has 1 amide bonds. The number of aryl methyl sites for hydroxylation is 1. The number of aromatic nitrogens is 1. The molecule has 0 radical (unpaired) electrons. The molecule has 1 aromatic heterocycles. The molecule has 0 atom stereocenters. The first-order valence-corrected chi connectivity index (χ1v) is 9.07. The van der Waals surface area contributed by atoms with Crippen molar-refractivity contribution in [3.8, 4) is 11.3 Å². The predicted molar refractivity (Wildman–Crippen MR) is 96.0 cm³/mol. The summed E-state index contributed by atoms with van der Waals surface area (Å²) in [7, 11) is 0. The lowest BCUT2D eigenvalue weighted by molar-refractivity contribution is -0.129. The van der Waals surface area contributed by atoms with Gasteiger partial charge in [0.1, 0.15) is 0 Å². The SMILES string of the molecule is Cc1sc(CCNC(=O)C2(N)CCOCC2)nc1-c1ccccc1. The van der Waals surface area contributed by atoms with Crippen LogP contribution in [0.1, 0.15) is 22.7 Å². The van der Waals surface area contributed by atoms with Gasteiger partial charge in [-0.25, -0.2) is 4.98 Å². The number of nitrogens with zero attached hydrogens (tertiary/aromatic N) is 1. The van der Waals surface area contributed by atoms with Crippen molar-refractivity contribution in [2.24, 2.45) is 5.73 Å². The first kappa shape index (κ1) is 17.1. The van der Waals surface area contributed by atoms with E-state index in [9.17, 15) is 4.79 Å². The normalized spacial score (nSPS) is 16.8. The van der Waals surface area contributed by atoms with Gasteiger partial charge in [-0.1, -0.05) is 30.3 Å². The van der Waals surface area contributed by atoms with Gasteiger partial charge in [0, 0.05) is 36.6 Å². The van der Waals surface area contributed by atoms with Crippen LogP contribution in [0.25, 0.3) is 11.3 Å². The summed E-state index contributed by atoms with van der Waals surface area (Å²) in [5.74, 6) is -0.0811. The topological polar surface area (TPSA) is 77.2 Å². The van der Waals surface area contributed by atoms with Gasteiger partial charge in [-0.3, -0.25) is 4.79 Å². The second-order valence-electron chi connectivity index (χ2n) is 6.15. The molecule has 0 bridgehead atoms. The Morgan fingerprint density at radius 1 is 1.33 bits per heavy atom. The Morgan fingerprint density at radius 2 is 2.04 bits per heavy atom. The molecule has 128 valence electrons. The van der Waals surface area contributed by atoms with E-state index in [0.717, 1.165) is 22.7 Å². The summed E-state index contributed by atoms with van der Waals surface area (Å²) in [6, 6.07) is 10.2. The third kappa shape index (κ3) is 3.83. The van der Waals surface area contributed by atoms with E-state index in [2.05, 4.69) is 24.4 Å². The number of hydrogen-bond donors (Lipinski definition) is 2. The molecule has 2 heterocycles. The summed E-state index contributed by atoms with van der Waals surface area (Å²) in [5, 5.41) is 3.99. The molecule has 0 aliphatic carbocycles. The lowest BCUT2D eigenvalue weighted by Gasteiger charge is -2.31. The van der Waals surface area contributed by atoms with Crippen LogP contribution in [0.3, 0.4) is 0 Å². The highest BCUT2D eigenvalue weighted by atomic mass is 32.1. The molecule has 1 aliphatic rings. The van der Waals surface area contributed by atoms with Crippen molar-refractivity contribution in [1.29, 1.82) is 0 Å². The van der Waals surface area contributed by atoms with E-state index < -0.39 is 5.54 Å². The quantitative estimate of drug-likeness (QED) is 0.872. The van der Waals surface area contributed by atoms with Crippen LogP contribution in [-0.4, -0.2) is 36.2 Å². The summed E-state index contributed by atoms with van der Waals surface area (Å²) >= 11 is 1.68. The molecule has 1 fully saturated rings. The third-order valence-electron chi connectivity index (χ3n) is 4.35. The minimum atomic E-state index is -0.785. The molecule has 0 unspecified atom stereocenters. The Morgan fingerprint density at radius 3 is 2.75 bits per heavy atom. The lowest BCUT2D eigenvalue weighted by atomic mass is 9.90. The Labute approximate surface area is 146 Å². The van der Waals surface area contributed by atoms with Gasteiger partial charge in [0.15, 0.2) is 0 Å². The van der Waals surface area contributed by atoms with Crippen LogP contribution in [0.2, 0.25) is 0 Å². The highest BCUT2D eigenvalue weighted by Crippen LogP contribution is 2.27. The Hall–Kier alpha value is -1.76. The third-order valence-corrected chi connectivity index (χ3v) is 5.38. The monoisotopic (exact) mass is 345 g/mol. The second kappa shape index (κ2) is 7.42. The molecule has 3 rings (SSSR count). The van der Waals surface area contributed by atoms with Crippen molar-refractivity contribution in [2.45, 2.75) is 31.7 Å². The average Bonchev–Trinajstić information content (AvgIpc) is 2.97. The highest BCUT2D eigenvalue weighted by molar-refractivity contribution is 7.12. The number of hydrogen-bond acceptors (Lipinski definition) is 5. The summed E-state index contributed by atoms with van der Waals surface area (Å²) in [4.78, 5) is 18.2. The Kier molecular flexibility index (Phi) is 5.28. The maximum Gasteiger partial charge on any atom is 0.240 e. The van der Waals surface area contributed by atoms with E-state index in [1.165, 1.54) is 4.88 Å². The van der Waals surface area contributed by atoms with E-state index in [1.807, 2.05) is 18.2 Å². The molecule has 2 aromatic rings. The summed E-state index contributed by atoms with van der Waals surface area (Å²) in [6.07, 6.45) is 1.87. The van der Waals surface area contributed by atoms with Crippen molar-refractivity contribution < 1.29 is 9.53 Å². The molecule has 1 aromatic carbocycles. The van der Waals surface area contributed by atoms with Gasteiger partial charge in [-0.2, -0.15) is 0 Å². The average molecular weight is 345 g/mol. The second-order valence-corrected chi connectivity index (χ2v) is 7.44. The van der Waals surface area contributed by atoms with Crippen LogP contribution in [0.15, 0.2) is 30.3 Å². The Balaban J connectivity index is 1.57. The summed E-state index contributed by atoms with van der Waals surface area (Å²) < 4.78 is 5.28. The van der Waals surface area contributed by atoms with Crippen LogP contribution >= 0.6 is 11.3 Å². The minimum Gasteiger partial charge on any atom is -0.381 e. The van der Waals surface area contributed by atoms with Gasteiger partial charge >= 0.3 is 0 Å². The number of nitrogens with two attached hydrogens (primary N) is 1. The molecule has 0 spiro atoms. The Bertz CT molecular complexity index is 694. The molecular weight excluding hydrogens is 322 g/mol. The zero-order chi connectivity index (χ0) is 17.0. The van der Waals surface area contributed by atoms with Crippen LogP contribution in [-0.2, 0) is 16.0 Å². The molecular formula is C18H23N3O2S. The molecule has 5 nitrogen and oxygen atoms in total. The van der Waals surface area contributed by atoms with Crippen molar-refractivity contribution in [3.63, 3.8) is 0 Å². The molecule has 3 N–H and O–H groups in total. The van der Waals surface area contributed by atoms with E-state index in [-0.39, 0.29) is 5.91 Å². The molecule has 24 heavy (non-hydrogen) atoms. The number of carbonyl (C=O) groups excluding carboxylic acids is 1. The van der Waals surface area contributed by atoms with Gasteiger partial charge in [0.2, 0.25) is 5.91 Å². The number of amides is 1.